The summed E-state index contributed by atoms with van der Waals surface area (Å²) >= 11 is 0. The quantitative estimate of drug-likeness (QED) is 0.898. The summed E-state index contributed by atoms with van der Waals surface area (Å²) in [6.07, 6.45) is 5.27. The maximum Gasteiger partial charge on any atom is 0.317 e. The first-order chi connectivity index (χ1) is 12.6. The van der Waals surface area contributed by atoms with E-state index in [1.54, 1.807) is 12.1 Å². The van der Waals surface area contributed by atoms with Gasteiger partial charge in [0.2, 0.25) is 5.91 Å². The Morgan fingerprint density at radius 1 is 1.27 bits per heavy atom. The number of rotatable bonds is 4. The van der Waals surface area contributed by atoms with Gasteiger partial charge in [0.05, 0.1) is 11.5 Å². The highest BCUT2D eigenvalue weighted by Crippen LogP contribution is 2.45. The van der Waals surface area contributed by atoms with E-state index in [9.17, 15) is 14.0 Å². The molecule has 1 saturated carbocycles. The summed E-state index contributed by atoms with van der Waals surface area (Å²) in [5.41, 5.74) is 0.508. The molecule has 1 atom stereocenters. The second-order valence-electron chi connectivity index (χ2n) is 7.91. The van der Waals surface area contributed by atoms with Gasteiger partial charge in [0.15, 0.2) is 0 Å². The minimum absolute atomic E-state index is 0.0117. The Kier molecular flexibility index (Phi) is 4.59. The Morgan fingerprint density at radius 2 is 2.12 bits per heavy atom. The van der Waals surface area contributed by atoms with Gasteiger partial charge >= 0.3 is 6.03 Å². The molecule has 1 unspecified atom stereocenters. The number of likely N-dealkylation sites (tertiary alicyclic amines) is 1. The van der Waals surface area contributed by atoms with Gasteiger partial charge in [0, 0.05) is 26.2 Å². The zero-order valence-electron chi connectivity index (χ0n) is 15.0. The predicted molar refractivity (Wildman–Crippen MR) is 96.1 cm³/mol. The number of urea groups is 1. The fourth-order valence-electron chi connectivity index (χ4n) is 4.67. The Hall–Kier alpha value is -2.11. The standard InChI is InChI=1S/C20H26FN3O2/c21-16-5-1-4-15(12-16)13-20(7-3-8-20)18(25)23-10-2-6-17(14-23)24-11-9-22-19(24)26/h1,4-5,12,17H,2-3,6-11,13-14H2,(H,22,26). The van der Waals surface area contributed by atoms with Crippen molar-refractivity contribution in [3.05, 3.63) is 35.6 Å². The molecule has 4 rings (SSSR count). The van der Waals surface area contributed by atoms with E-state index in [4.69, 9.17) is 0 Å². The molecule has 2 aliphatic heterocycles. The second kappa shape index (κ2) is 6.89. The van der Waals surface area contributed by atoms with Gasteiger partial charge in [-0.1, -0.05) is 18.6 Å². The molecular weight excluding hydrogens is 333 g/mol. The van der Waals surface area contributed by atoms with Crippen LogP contribution in [0.1, 0.15) is 37.7 Å². The van der Waals surface area contributed by atoms with Crippen LogP contribution in [0.25, 0.3) is 0 Å². The maximum atomic E-state index is 13.5. The number of nitrogens with zero attached hydrogens (tertiary/aromatic N) is 2. The number of carbonyl (C=O) groups excluding carboxylic acids is 2. The van der Waals surface area contributed by atoms with E-state index >= 15 is 0 Å². The van der Waals surface area contributed by atoms with Crippen molar-refractivity contribution in [1.82, 2.24) is 15.1 Å². The van der Waals surface area contributed by atoms with E-state index in [1.165, 1.54) is 6.07 Å². The van der Waals surface area contributed by atoms with E-state index in [1.807, 2.05) is 15.9 Å². The van der Waals surface area contributed by atoms with Crippen LogP contribution in [0.4, 0.5) is 9.18 Å². The molecular formula is C20H26FN3O2. The Balaban J connectivity index is 1.47. The van der Waals surface area contributed by atoms with Crippen LogP contribution in [0.5, 0.6) is 0 Å². The van der Waals surface area contributed by atoms with Crippen LogP contribution in [0.15, 0.2) is 24.3 Å². The van der Waals surface area contributed by atoms with Crippen molar-refractivity contribution in [3.8, 4) is 0 Å². The van der Waals surface area contributed by atoms with E-state index in [0.29, 0.717) is 19.5 Å². The van der Waals surface area contributed by atoms with Crippen molar-refractivity contribution in [2.45, 2.75) is 44.6 Å². The minimum Gasteiger partial charge on any atom is -0.340 e. The van der Waals surface area contributed by atoms with Crippen LogP contribution in [0.3, 0.4) is 0 Å². The maximum absolute atomic E-state index is 13.5. The molecule has 0 aromatic heterocycles. The molecule has 3 fully saturated rings. The third kappa shape index (κ3) is 3.17. The van der Waals surface area contributed by atoms with Gasteiger partial charge in [-0.3, -0.25) is 4.79 Å². The molecule has 0 bridgehead atoms. The van der Waals surface area contributed by atoms with E-state index in [0.717, 1.165) is 50.8 Å². The van der Waals surface area contributed by atoms with Crippen LogP contribution >= 0.6 is 0 Å². The average Bonchev–Trinajstić information content (AvgIpc) is 3.04. The van der Waals surface area contributed by atoms with Gasteiger partial charge in [-0.2, -0.15) is 0 Å². The molecule has 0 spiro atoms. The Morgan fingerprint density at radius 3 is 2.77 bits per heavy atom. The number of carbonyl (C=O) groups is 2. The zero-order valence-corrected chi connectivity index (χ0v) is 15.0. The van der Waals surface area contributed by atoms with Gasteiger partial charge in [0.25, 0.3) is 0 Å². The molecule has 1 aliphatic carbocycles. The van der Waals surface area contributed by atoms with Crippen LogP contribution in [0, 0.1) is 11.2 Å². The van der Waals surface area contributed by atoms with Crippen LogP contribution in [-0.2, 0) is 11.2 Å². The van der Waals surface area contributed by atoms with Gasteiger partial charge in [-0.15, -0.1) is 0 Å². The highest BCUT2D eigenvalue weighted by Gasteiger charge is 2.47. The van der Waals surface area contributed by atoms with Crippen LogP contribution in [-0.4, -0.2) is 54.0 Å². The van der Waals surface area contributed by atoms with Gasteiger partial charge < -0.3 is 15.1 Å². The first kappa shape index (κ1) is 17.3. The number of halogens is 1. The summed E-state index contributed by atoms with van der Waals surface area (Å²) in [7, 11) is 0. The number of benzene rings is 1. The molecule has 3 amide bonds. The molecule has 2 saturated heterocycles. The van der Waals surface area contributed by atoms with Crippen molar-refractivity contribution in [3.63, 3.8) is 0 Å². The van der Waals surface area contributed by atoms with Crippen LogP contribution < -0.4 is 5.32 Å². The number of nitrogens with one attached hydrogen (secondary N) is 1. The summed E-state index contributed by atoms with van der Waals surface area (Å²) in [6, 6.07) is 6.70. The lowest BCUT2D eigenvalue weighted by molar-refractivity contribution is -0.149. The molecule has 6 heteroatoms. The molecule has 2 heterocycles. The Bertz CT molecular complexity index is 704. The first-order valence-electron chi connectivity index (χ1n) is 9.66. The molecule has 140 valence electrons. The monoisotopic (exact) mass is 359 g/mol. The van der Waals surface area contributed by atoms with Crippen molar-refractivity contribution >= 4 is 11.9 Å². The lowest BCUT2D eigenvalue weighted by Crippen LogP contribution is -2.56. The average molecular weight is 359 g/mol. The molecule has 5 nitrogen and oxygen atoms in total. The molecule has 3 aliphatic rings. The van der Waals surface area contributed by atoms with Gasteiger partial charge in [-0.25, -0.2) is 9.18 Å². The summed E-state index contributed by atoms with van der Waals surface area (Å²) in [4.78, 5) is 29.1. The third-order valence-electron chi connectivity index (χ3n) is 6.21. The highest BCUT2D eigenvalue weighted by molar-refractivity contribution is 5.84. The first-order valence-corrected chi connectivity index (χ1v) is 9.66. The SMILES string of the molecule is O=C1NCCN1C1CCCN(C(=O)C2(Cc3cccc(F)c3)CCC2)C1. The van der Waals surface area contributed by atoms with E-state index in [-0.39, 0.29) is 29.2 Å². The molecule has 26 heavy (non-hydrogen) atoms. The molecule has 0 radical (unpaired) electrons. The number of hydrogen-bond donors (Lipinski definition) is 1. The molecule has 1 aromatic carbocycles. The van der Waals surface area contributed by atoms with Crippen molar-refractivity contribution < 1.29 is 14.0 Å². The fraction of sp³-hybridized carbons (Fsp3) is 0.600. The summed E-state index contributed by atoms with van der Waals surface area (Å²) < 4.78 is 13.5. The van der Waals surface area contributed by atoms with E-state index in [2.05, 4.69) is 5.32 Å². The van der Waals surface area contributed by atoms with E-state index < -0.39 is 0 Å². The topological polar surface area (TPSA) is 52.7 Å². The lowest BCUT2D eigenvalue weighted by atomic mass is 9.64. The third-order valence-corrected chi connectivity index (χ3v) is 6.21. The largest absolute Gasteiger partial charge is 0.340 e. The fourth-order valence-corrected chi connectivity index (χ4v) is 4.67. The Labute approximate surface area is 153 Å². The molecule has 1 N–H and O–H groups in total. The smallest absolute Gasteiger partial charge is 0.317 e. The van der Waals surface area contributed by atoms with Gasteiger partial charge in [0.1, 0.15) is 5.82 Å². The number of amides is 3. The van der Waals surface area contributed by atoms with Crippen molar-refractivity contribution in [2.24, 2.45) is 5.41 Å². The zero-order chi connectivity index (χ0) is 18.1. The van der Waals surface area contributed by atoms with Crippen molar-refractivity contribution in [2.75, 3.05) is 26.2 Å². The van der Waals surface area contributed by atoms with Gasteiger partial charge in [-0.05, 0) is 49.8 Å². The predicted octanol–water partition coefficient (Wildman–Crippen LogP) is 2.55. The summed E-state index contributed by atoms with van der Waals surface area (Å²) in [6.45, 7) is 2.79. The lowest BCUT2D eigenvalue weighted by Gasteiger charge is -2.46. The normalized spacial score (nSPS) is 25.0. The minimum atomic E-state index is -0.386. The van der Waals surface area contributed by atoms with Crippen LogP contribution in [0.2, 0.25) is 0 Å². The number of hydrogen-bond acceptors (Lipinski definition) is 2. The van der Waals surface area contributed by atoms with Crippen molar-refractivity contribution in [1.29, 1.82) is 0 Å². The number of piperidine rings is 1. The summed E-state index contributed by atoms with van der Waals surface area (Å²) in [5, 5.41) is 2.85. The second-order valence-corrected chi connectivity index (χ2v) is 7.91. The summed E-state index contributed by atoms with van der Waals surface area (Å²) in [5.74, 6) is -0.0557. The highest BCUT2D eigenvalue weighted by atomic mass is 19.1. The molecule has 1 aromatic rings.